The second-order valence-electron chi connectivity index (χ2n) is 7.87. The quantitative estimate of drug-likeness (QED) is 0.774. The number of fused-ring (bicyclic) bond motifs is 1. The molecule has 0 spiro atoms. The summed E-state index contributed by atoms with van der Waals surface area (Å²) < 4.78 is 14.7. The SMILES string of the molecule is O=C(O)Cc1ccc2c(c1)N(C1CCN(C(F)Cc3ccccc3)CC1)CC2. The Morgan fingerprint density at radius 1 is 1.07 bits per heavy atom. The van der Waals surface area contributed by atoms with Crippen molar-refractivity contribution in [2.75, 3.05) is 24.5 Å². The topological polar surface area (TPSA) is 43.8 Å². The van der Waals surface area contributed by atoms with Crippen molar-refractivity contribution in [3.63, 3.8) is 0 Å². The molecule has 2 aromatic rings. The van der Waals surface area contributed by atoms with Crippen LogP contribution in [0.15, 0.2) is 48.5 Å². The number of benzene rings is 2. The highest BCUT2D eigenvalue weighted by Gasteiger charge is 2.31. The van der Waals surface area contributed by atoms with E-state index in [-0.39, 0.29) is 6.42 Å². The Bertz CT molecular complexity index is 819. The minimum absolute atomic E-state index is 0.0581. The van der Waals surface area contributed by atoms with Gasteiger partial charge in [-0.3, -0.25) is 9.69 Å². The third-order valence-corrected chi connectivity index (χ3v) is 6.02. The molecule has 0 aromatic heterocycles. The lowest BCUT2D eigenvalue weighted by Gasteiger charge is -2.39. The van der Waals surface area contributed by atoms with Crippen molar-refractivity contribution >= 4 is 11.7 Å². The van der Waals surface area contributed by atoms with Gasteiger partial charge in [0.2, 0.25) is 0 Å². The highest BCUT2D eigenvalue weighted by Crippen LogP contribution is 2.34. The largest absolute Gasteiger partial charge is 0.481 e. The van der Waals surface area contributed by atoms with Crippen molar-refractivity contribution in [3.8, 4) is 0 Å². The molecule has 2 aromatic carbocycles. The third-order valence-electron chi connectivity index (χ3n) is 6.02. The maximum Gasteiger partial charge on any atom is 0.307 e. The van der Waals surface area contributed by atoms with E-state index in [0.717, 1.165) is 50.0 Å². The Kier molecular flexibility index (Phi) is 5.62. The number of hydrogen-bond donors (Lipinski definition) is 1. The zero-order valence-corrected chi connectivity index (χ0v) is 16.1. The number of hydrogen-bond acceptors (Lipinski definition) is 3. The zero-order chi connectivity index (χ0) is 19.5. The second-order valence-corrected chi connectivity index (χ2v) is 7.87. The van der Waals surface area contributed by atoms with E-state index < -0.39 is 12.3 Å². The van der Waals surface area contributed by atoms with Crippen LogP contribution >= 0.6 is 0 Å². The molecule has 0 aliphatic carbocycles. The molecular weight excluding hydrogens is 355 g/mol. The van der Waals surface area contributed by atoms with Crippen LogP contribution in [0.3, 0.4) is 0 Å². The monoisotopic (exact) mass is 382 g/mol. The van der Waals surface area contributed by atoms with Gasteiger partial charge in [0.05, 0.1) is 6.42 Å². The first-order chi connectivity index (χ1) is 13.6. The van der Waals surface area contributed by atoms with E-state index in [1.807, 2.05) is 47.4 Å². The number of carbonyl (C=O) groups is 1. The normalized spacial score (nSPS) is 18.8. The van der Waals surface area contributed by atoms with Crippen LogP contribution in [0.4, 0.5) is 10.1 Å². The van der Waals surface area contributed by atoms with Crippen LogP contribution in [0.5, 0.6) is 0 Å². The lowest BCUT2D eigenvalue weighted by atomic mass is 10.0. The predicted molar refractivity (Wildman–Crippen MR) is 108 cm³/mol. The van der Waals surface area contributed by atoms with Gasteiger partial charge in [0.1, 0.15) is 0 Å². The Morgan fingerprint density at radius 2 is 1.82 bits per heavy atom. The fraction of sp³-hybridized carbons (Fsp3) is 0.435. The van der Waals surface area contributed by atoms with Crippen molar-refractivity contribution in [1.82, 2.24) is 4.90 Å². The molecule has 1 fully saturated rings. The lowest BCUT2D eigenvalue weighted by molar-refractivity contribution is -0.136. The summed E-state index contributed by atoms with van der Waals surface area (Å²) in [6.07, 6.45) is 2.45. The minimum Gasteiger partial charge on any atom is -0.481 e. The molecule has 148 valence electrons. The molecule has 4 nitrogen and oxygen atoms in total. The molecular formula is C23H27FN2O2. The van der Waals surface area contributed by atoms with Gasteiger partial charge in [0, 0.05) is 37.8 Å². The van der Waals surface area contributed by atoms with Gasteiger partial charge in [-0.2, -0.15) is 0 Å². The van der Waals surface area contributed by atoms with Crippen LogP contribution in [0.25, 0.3) is 0 Å². The molecule has 2 heterocycles. The molecule has 4 rings (SSSR count). The highest BCUT2D eigenvalue weighted by atomic mass is 19.1. The standard InChI is InChI=1S/C23H27FN2O2/c24-22(15-17-4-2-1-3-5-17)25-11-9-20(10-12-25)26-13-8-19-7-6-18(14-21(19)26)16-23(27)28/h1-7,14,20,22H,8-13,15-16H2,(H,27,28). The first-order valence-corrected chi connectivity index (χ1v) is 10.1. The summed E-state index contributed by atoms with van der Waals surface area (Å²) in [5.41, 5.74) is 4.36. The molecule has 1 atom stereocenters. The van der Waals surface area contributed by atoms with Crippen LogP contribution in [-0.2, 0) is 24.1 Å². The van der Waals surface area contributed by atoms with Crippen LogP contribution in [0.1, 0.15) is 29.5 Å². The zero-order valence-electron chi connectivity index (χ0n) is 16.1. The molecule has 0 radical (unpaired) electrons. The van der Waals surface area contributed by atoms with Gasteiger partial charge in [0.25, 0.3) is 0 Å². The fourth-order valence-corrected chi connectivity index (χ4v) is 4.53. The summed E-state index contributed by atoms with van der Waals surface area (Å²) >= 11 is 0. The number of likely N-dealkylation sites (tertiary alicyclic amines) is 1. The number of aliphatic carboxylic acids is 1. The Balaban J connectivity index is 1.37. The summed E-state index contributed by atoms with van der Waals surface area (Å²) in [5.74, 6) is -0.801. The summed E-state index contributed by atoms with van der Waals surface area (Å²) in [6.45, 7) is 2.50. The van der Waals surface area contributed by atoms with E-state index >= 15 is 0 Å². The van der Waals surface area contributed by atoms with Crippen LogP contribution < -0.4 is 4.90 Å². The van der Waals surface area contributed by atoms with Gasteiger partial charge in [-0.1, -0.05) is 42.5 Å². The van der Waals surface area contributed by atoms with E-state index in [2.05, 4.69) is 11.0 Å². The summed E-state index contributed by atoms with van der Waals surface area (Å²) in [4.78, 5) is 15.4. The second kappa shape index (κ2) is 8.31. The van der Waals surface area contributed by atoms with E-state index in [9.17, 15) is 9.18 Å². The molecule has 2 aliphatic rings. The molecule has 0 amide bonds. The number of carboxylic acid groups (broad SMARTS) is 1. The molecule has 0 saturated carbocycles. The predicted octanol–water partition coefficient (Wildman–Crippen LogP) is 3.68. The average molecular weight is 382 g/mol. The fourth-order valence-electron chi connectivity index (χ4n) is 4.53. The smallest absolute Gasteiger partial charge is 0.307 e. The Hall–Kier alpha value is -2.40. The van der Waals surface area contributed by atoms with Crippen LogP contribution in [0.2, 0.25) is 0 Å². The number of halogens is 1. The van der Waals surface area contributed by atoms with Gasteiger partial charge < -0.3 is 10.0 Å². The van der Waals surface area contributed by atoms with Gasteiger partial charge in [-0.25, -0.2) is 4.39 Å². The number of nitrogens with zero attached hydrogens (tertiary/aromatic N) is 2. The Labute approximate surface area is 165 Å². The highest BCUT2D eigenvalue weighted by molar-refractivity contribution is 5.72. The van der Waals surface area contributed by atoms with Crippen molar-refractivity contribution in [2.45, 2.75) is 44.4 Å². The van der Waals surface area contributed by atoms with E-state index in [1.165, 1.54) is 11.3 Å². The molecule has 5 heteroatoms. The lowest BCUT2D eigenvalue weighted by Crippen LogP contribution is -2.47. The van der Waals surface area contributed by atoms with Crippen molar-refractivity contribution < 1.29 is 14.3 Å². The summed E-state index contributed by atoms with van der Waals surface area (Å²) in [7, 11) is 0. The number of piperidine rings is 1. The van der Waals surface area contributed by atoms with Gasteiger partial charge >= 0.3 is 5.97 Å². The molecule has 1 unspecified atom stereocenters. The maximum absolute atomic E-state index is 14.7. The number of carboxylic acids is 1. The summed E-state index contributed by atoms with van der Waals surface area (Å²) in [5, 5.41) is 9.06. The van der Waals surface area contributed by atoms with E-state index in [1.54, 1.807) is 0 Å². The van der Waals surface area contributed by atoms with Gasteiger partial charge in [0.15, 0.2) is 6.30 Å². The molecule has 1 saturated heterocycles. The van der Waals surface area contributed by atoms with E-state index in [4.69, 9.17) is 5.11 Å². The van der Waals surface area contributed by atoms with Crippen molar-refractivity contribution in [3.05, 3.63) is 65.2 Å². The molecule has 2 aliphatic heterocycles. The summed E-state index contributed by atoms with van der Waals surface area (Å²) in [6, 6.07) is 16.3. The van der Waals surface area contributed by atoms with Crippen LogP contribution in [-0.4, -0.2) is 47.9 Å². The Morgan fingerprint density at radius 3 is 2.54 bits per heavy atom. The first kappa shape index (κ1) is 18.9. The molecule has 1 N–H and O–H groups in total. The first-order valence-electron chi connectivity index (χ1n) is 10.1. The molecule has 28 heavy (non-hydrogen) atoms. The van der Waals surface area contributed by atoms with Gasteiger partial charge in [-0.05, 0) is 42.0 Å². The third kappa shape index (κ3) is 4.20. The molecule has 0 bridgehead atoms. The van der Waals surface area contributed by atoms with Gasteiger partial charge in [-0.15, -0.1) is 0 Å². The number of anilines is 1. The number of rotatable bonds is 6. The maximum atomic E-state index is 14.7. The van der Waals surface area contributed by atoms with Crippen molar-refractivity contribution in [2.24, 2.45) is 0 Å². The van der Waals surface area contributed by atoms with E-state index in [0.29, 0.717) is 12.5 Å². The van der Waals surface area contributed by atoms with Crippen molar-refractivity contribution in [1.29, 1.82) is 0 Å². The average Bonchev–Trinajstić information content (AvgIpc) is 3.11. The van der Waals surface area contributed by atoms with Crippen LogP contribution in [0, 0.1) is 0 Å². The minimum atomic E-state index is -0.934. The number of alkyl halides is 1.